The number of aliphatic imine (C=N–C) groups is 1. The molecule has 1 aliphatic heterocycles. The fraction of sp³-hybridized carbons (Fsp3) is 0.615. The first kappa shape index (κ1) is 18.7. The van der Waals surface area contributed by atoms with E-state index in [0.717, 1.165) is 10.4 Å². The molecule has 0 amide bonds. The second kappa shape index (κ2) is 6.03. The van der Waals surface area contributed by atoms with Gasteiger partial charge in [-0.1, -0.05) is 0 Å². The zero-order valence-corrected chi connectivity index (χ0v) is 15.3. The minimum Gasteiger partial charge on any atom is -0.369 e. The molecule has 24 heavy (non-hydrogen) atoms. The van der Waals surface area contributed by atoms with Crippen molar-refractivity contribution in [3.8, 4) is 0 Å². The summed E-state index contributed by atoms with van der Waals surface area (Å²) >= 11 is 0. The Morgan fingerprint density at radius 2 is 2.12 bits per heavy atom. The Hall–Kier alpha value is -1.62. The largest absolute Gasteiger partial charge is 0.369 e. The van der Waals surface area contributed by atoms with Gasteiger partial charge in [-0.15, -0.1) is 0 Å². The number of rotatable bonds is 4. The fourth-order valence-electron chi connectivity index (χ4n) is 2.70. The maximum atomic E-state index is 14.4. The molecule has 1 aliphatic carbocycles. The summed E-state index contributed by atoms with van der Waals surface area (Å²) in [6, 6.07) is 0. The van der Waals surface area contributed by atoms with Crippen molar-refractivity contribution in [2.45, 2.75) is 25.8 Å². The van der Waals surface area contributed by atoms with Crippen LogP contribution in [-0.2, 0) is 20.0 Å². The number of halogens is 1. The van der Waals surface area contributed by atoms with Crippen LogP contribution in [0.2, 0.25) is 0 Å². The van der Waals surface area contributed by atoms with E-state index in [1.807, 2.05) is 0 Å². The minimum absolute atomic E-state index is 0.0198. The van der Waals surface area contributed by atoms with E-state index in [-0.39, 0.29) is 23.8 Å². The van der Waals surface area contributed by atoms with Crippen molar-refractivity contribution in [1.29, 1.82) is 0 Å². The molecular formula is C13H21FN4O4S2. The molecule has 0 spiro atoms. The Morgan fingerprint density at radius 3 is 2.67 bits per heavy atom. The van der Waals surface area contributed by atoms with Crippen LogP contribution in [0.5, 0.6) is 0 Å². The zero-order chi connectivity index (χ0) is 18.3. The lowest BCUT2D eigenvalue weighted by molar-refractivity contribution is 0.301. The zero-order valence-electron chi connectivity index (χ0n) is 13.7. The highest BCUT2D eigenvalue weighted by Crippen LogP contribution is 2.39. The Kier molecular flexibility index (Phi) is 4.70. The number of hydrogen-bond donors (Lipinski definition) is 2. The minimum atomic E-state index is -3.72. The first-order valence-corrected chi connectivity index (χ1v) is 10.5. The van der Waals surface area contributed by atoms with E-state index in [4.69, 9.17) is 5.73 Å². The predicted octanol–water partition coefficient (Wildman–Crippen LogP) is 0.0315. The van der Waals surface area contributed by atoms with Crippen molar-refractivity contribution >= 4 is 26.0 Å². The normalized spacial score (nSPS) is 30.2. The number of sulfonamides is 2. The maximum Gasteiger partial charge on any atom is 0.239 e. The molecule has 8 nitrogen and oxygen atoms in total. The van der Waals surface area contributed by atoms with E-state index < -0.39 is 43.1 Å². The van der Waals surface area contributed by atoms with E-state index in [0.29, 0.717) is 0 Å². The van der Waals surface area contributed by atoms with Gasteiger partial charge in [0.1, 0.15) is 5.83 Å². The molecule has 0 radical (unpaired) electrons. The third kappa shape index (κ3) is 3.56. The molecule has 2 aliphatic rings. The topological polar surface area (TPSA) is 122 Å². The molecule has 0 saturated heterocycles. The molecule has 0 aromatic rings. The number of guanidine groups is 1. The summed E-state index contributed by atoms with van der Waals surface area (Å²) < 4.78 is 65.4. The Bertz CT molecular complexity index is 832. The van der Waals surface area contributed by atoms with E-state index in [9.17, 15) is 21.2 Å². The van der Waals surface area contributed by atoms with Crippen molar-refractivity contribution < 1.29 is 21.2 Å². The van der Waals surface area contributed by atoms with Gasteiger partial charge < -0.3 is 5.73 Å². The monoisotopic (exact) mass is 380 g/mol. The molecule has 11 heteroatoms. The van der Waals surface area contributed by atoms with E-state index >= 15 is 0 Å². The van der Waals surface area contributed by atoms with Crippen LogP contribution in [0.3, 0.4) is 0 Å². The Morgan fingerprint density at radius 1 is 1.50 bits per heavy atom. The number of allylic oxidation sites excluding steroid dienone is 3. The molecule has 1 heterocycles. The molecule has 2 unspecified atom stereocenters. The van der Waals surface area contributed by atoms with Crippen molar-refractivity contribution in [2.75, 3.05) is 18.6 Å². The highest BCUT2D eigenvalue weighted by molar-refractivity contribution is 7.89. The first-order chi connectivity index (χ1) is 10.9. The summed E-state index contributed by atoms with van der Waals surface area (Å²) in [6.07, 6.45) is 2.44. The van der Waals surface area contributed by atoms with E-state index in [1.54, 1.807) is 0 Å². The average molecular weight is 380 g/mol. The molecule has 3 N–H and O–H groups in total. The quantitative estimate of drug-likeness (QED) is 0.713. The molecule has 0 fully saturated rings. The van der Waals surface area contributed by atoms with Crippen LogP contribution < -0.4 is 10.5 Å². The smallest absolute Gasteiger partial charge is 0.239 e. The van der Waals surface area contributed by atoms with Gasteiger partial charge in [0, 0.05) is 18.7 Å². The van der Waals surface area contributed by atoms with Gasteiger partial charge in [-0.25, -0.2) is 30.5 Å². The molecule has 0 aromatic heterocycles. The predicted molar refractivity (Wildman–Crippen MR) is 89.6 cm³/mol. The third-order valence-electron chi connectivity index (χ3n) is 4.20. The molecule has 0 saturated carbocycles. The van der Waals surface area contributed by atoms with Gasteiger partial charge in [-0.3, -0.25) is 4.72 Å². The summed E-state index contributed by atoms with van der Waals surface area (Å²) in [4.78, 5) is 4.17. The lowest BCUT2D eigenvalue weighted by Gasteiger charge is -2.40. The Balaban J connectivity index is 2.36. The average Bonchev–Trinajstić information content (AvgIpc) is 2.46. The lowest BCUT2D eigenvalue weighted by Crippen LogP contribution is -2.54. The second-order valence-electron chi connectivity index (χ2n) is 6.06. The SMILES string of the molecule is CCS(=O)(=O)NC1=CC=C(F)C(C2(C)CS(=O)(=O)N(C)C(N)=N2)C1. The highest BCUT2D eigenvalue weighted by Gasteiger charge is 2.46. The molecule has 0 bridgehead atoms. The molecule has 2 atom stereocenters. The molecule has 0 aromatic carbocycles. The van der Waals surface area contributed by atoms with E-state index in [2.05, 4.69) is 9.71 Å². The van der Waals surface area contributed by atoms with Gasteiger partial charge >= 0.3 is 0 Å². The van der Waals surface area contributed by atoms with Crippen LogP contribution in [0.15, 0.2) is 28.7 Å². The number of nitrogens with two attached hydrogens (primary N) is 1. The number of nitrogens with zero attached hydrogens (tertiary/aromatic N) is 2. The first-order valence-electron chi connectivity index (χ1n) is 7.29. The highest BCUT2D eigenvalue weighted by atomic mass is 32.2. The van der Waals surface area contributed by atoms with Crippen LogP contribution in [0, 0.1) is 5.92 Å². The summed E-state index contributed by atoms with van der Waals surface area (Å²) in [5.41, 5.74) is 4.63. The standard InChI is InChI=1S/C13H21FN4O4S2/c1-4-23(19,20)17-9-5-6-11(14)10(7-9)13(2)8-24(21,22)18(3)12(15)16-13/h5-6,10,17H,4,7-8H2,1-3H3,(H2,15,16). The van der Waals surface area contributed by atoms with Crippen LogP contribution >= 0.6 is 0 Å². The van der Waals surface area contributed by atoms with Crippen molar-refractivity contribution in [3.05, 3.63) is 23.7 Å². The Labute approximate surface area is 141 Å². The van der Waals surface area contributed by atoms with Crippen molar-refractivity contribution in [2.24, 2.45) is 16.6 Å². The van der Waals surface area contributed by atoms with Gasteiger partial charge in [-0.05, 0) is 32.4 Å². The van der Waals surface area contributed by atoms with Gasteiger partial charge in [0.05, 0.1) is 17.0 Å². The molecule has 136 valence electrons. The van der Waals surface area contributed by atoms with Gasteiger partial charge in [0.25, 0.3) is 0 Å². The molecule has 2 rings (SSSR count). The number of nitrogens with one attached hydrogen (secondary N) is 1. The summed E-state index contributed by atoms with van der Waals surface area (Å²) in [5, 5.41) is 0. The van der Waals surface area contributed by atoms with Crippen LogP contribution in [0.25, 0.3) is 0 Å². The van der Waals surface area contributed by atoms with Crippen LogP contribution in [0.4, 0.5) is 4.39 Å². The summed E-state index contributed by atoms with van der Waals surface area (Å²) in [7, 11) is -5.95. The second-order valence-corrected chi connectivity index (χ2v) is 10.1. The van der Waals surface area contributed by atoms with Crippen molar-refractivity contribution in [3.63, 3.8) is 0 Å². The van der Waals surface area contributed by atoms with Gasteiger partial charge in [-0.2, -0.15) is 0 Å². The van der Waals surface area contributed by atoms with Gasteiger partial charge in [0.2, 0.25) is 26.0 Å². The van der Waals surface area contributed by atoms with Gasteiger partial charge in [0.15, 0.2) is 0 Å². The fourth-order valence-corrected chi connectivity index (χ4v) is 4.92. The lowest BCUT2D eigenvalue weighted by atomic mass is 9.81. The van der Waals surface area contributed by atoms with Crippen LogP contribution in [0.1, 0.15) is 20.3 Å². The summed E-state index contributed by atoms with van der Waals surface area (Å²) in [6.45, 7) is 2.98. The number of hydrogen-bond acceptors (Lipinski definition) is 6. The maximum absolute atomic E-state index is 14.4. The molecular weight excluding hydrogens is 359 g/mol. The third-order valence-corrected chi connectivity index (χ3v) is 7.51. The van der Waals surface area contributed by atoms with E-state index in [1.165, 1.54) is 27.0 Å². The van der Waals surface area contributed by atoms with Crippen molar-refractivity contribution in [1.82, 2.24) is 9.03 Å². The summed E-state index contributed by atoms with van der Waals surface area (Å²) in [5.74, 6) is -2.26. The van der Waals surface area contributed by atoms with Crippen LogP contribution in [-0.4, -0.2) is 51.2 Å².